The average molecular weight is 1230 g/mol. The number of aliphatic hydroxyl groups excluding tert-OH is 1. The first kappa shape index (κ1) is 65.1. The van der Waals surface area contributed by atoms with Crippen LogP contribution in [0.3, 0.4) is 0 Å². The summed E-state index contributed by atoms with van der Waals surface area (Å²) >= 11 is 3.64. The van der Waals surface area contributed by atoms with Crippen LogP contribution < -0.4 is 31.9 Å². The van der Waals surface area contributed by atoms with Crippen LogP contribution in [0.25, 0.3) is 32.1 Å². The van der Waals surface area contributed by atoms with E-state index in [2.05, 4.69) is 95.0 Å². The van der Waals surface area contributed by atoms with Gasteiger partial charge in [0.1, 0.15) is 65.4 Å². The molecule has 0 fully saturated rings. The summed E-state index contributed by atoms with van der Waals surface area (Å²) in [6.45, 7) is 22.2. The van der Waals surface area contributed by atoms with E-state index in [4.69, 9.17) is 14.9 Å². The molecule has 0 saturated carbocycles. The standard InChI is InChI=1S/C23H27N5O3S.C19H19N5O3S.C19H21N5O2S/c1-13-9-14(2)11-16(10-13)27-22-24-8-7-17(28-22)21-26-15(3)19(32-21)20(30)25-12-18(29)31-23(4,5)6;1-10-6-11(2)8-13(7-10)23-19-20-5-4-14(24-19)18-22-12(3)16(28-18)17(27)21-9-15(25)26;1-11-8-12(2)10-14(9-11)23-19-21-5-4-15(24-19)18-22-13(3)16(27-18)17(26)20-6-7-25/h7-11H,12H2,1-6H3,(H,25,30)(H,24,27,28);4-8H,9H2,1-3H3,(H,21,27)(H,25,26)(H,20,23,24);4-5,8-10,25H,6-7H2,1-3H3,(H,20,26)(H,21,23,24). The minimum absolute atomic E-state index is 0.101. The zero-order chi connectivity index (χ0) is 63.1. The molecular formula is C61H67N15O8S3. The first-order valence-corrected chi connectivity index (χ1v) is 29.6. The van der Waals surface area contributed by atoms with Crippen LogP contribution in [0.15, 0.2) is 91.4 Å². The number of aliphatic carboxylic acids is 1. The molecule has 0 aliphatic heterocycles. The lowest BCUT2D eigenvalue weighted by Gasteiger charge is -2.19. The van der Waals surface area contributed by atoms with Crippen LogP contribution in [0.2, 0.25) is 0 Å². The summed E-state index contributed by atoms with van der Waals surface area (Å²) in [5, 5.41) is 36.5. The van der Waals surface area contributed by atoms with E-state index < -0.39 is 30.0 Å². The fraction of sp³-hybridized carbons (Fsp3) is 0.279. The second-order valence-corrected chi connectivity index (χ2v) is 23.9. The molecule has 3 aromatic carbocycles. The number of thiazole rings is 3. The second-order valence-electron chi connectivity index (χ2n) is 20.9. The van der Waals surface area contributed by atoms with Crippen molar-refractivity contribution >= 4 is 98.6 Å². The third-order valence-corrected chi connectivity index (χ3v) is 15.2. The van der Waals surface area contributed by atoms with Gasteiger partial charge in [-0.25, -0.2) is 44.9 Å². The Labute approximate surface area is 515 Å². The molecule has 0 aliphatic carbocycles. The number of rotatable bonds is 18. The van der Waals surface area contributed by atoms with Crippen LogP contribution in [-0.4, -0.2) is 117 Å². The van der Waals surface area contributed by atoms with Crippen molar-refractivity contribution in [3.05, 3.63) is 156 Å². The van der Waals surface area contributed by atoms with Gasteiger partial charge in [-0.2, -0.15) is 0 Å². The Hall–Kier alpha value is -9.50. The Morgan fingerprint density at radius 1 is 0.460 bits per heavy atom. The molecule has 0 aliphatic rings. The summed E-state index contributed by atoms with van der Waals surface area (Å²) in [4.78, 5) is 100. The number of carboxylic acid groups (broad SMARTS) is 1. The minimum Gasteiger partial charge on any atom is -0.480 e. The van der Waals surface area contributed by atoms with E-state index in [0.29, 0.717) is 81.7 Å². The van der Waals surface area contributed by atoms with Crippen molar-refractivity contribution in [1.29, 1.82) is 0 Å². The third-order valence-electron chi connectivity index (χ3n) is 11.7. The molecule has 0 unspecified atom stereocenters. The lowest BCUT2D eigenvalue weighted by atomic mass is 10.1. The van der Waals surface area contributed by atoms with Gasteiger partial charge in [0.05, 0.1) is 23.7 Å². The minimum atomic E-state index is -1.10. The van der Waals surface area contributed by atoms with Crippen molar-refractivity contribution in [2.75, 3.05) is 42.2 Å². The molecular weight excluding hydrogens is 1170 g/mol. The number of nitrogens with one attached hydrogen (secondary N) is 6. The van der Waals surface area contributed by atoms with Gasteiger partial charge in [0, 0.05) is 42.2 Å². The summed E-state index contributed by atoms with van der Waals surface area (Å²) in [6, 6.07) is 23.6. The number of carbonyl (C=O) groups excluding carboxylic acids is 4. The van der Waals surface area contributed by atoms with E-state index in [-0.39, 0.29) is 31.5 Å². The average Bonchev–Trinajstić information content (AvgIpc) is 2.55. The maximum atomic E-state index is 12.6. The number of aromatic nitrogens is 9. The van der Waals surface area contributed by atoms with Crippen LogP contribution in [0.5, 0.6) is 0 Å². The van der Waals surface area contributed by atoms with Gasteiger partial charge in [-0.05, 0) is 171 Å². The molecule has 26 heteroatoms. The lowest BCUT2D eigenvalue weighted by Crippen LogP contribution is -2.34. The van der Waals surface area contributed by atoms with Gasteiger partial charge in [0.2, 0.25) is 17.8 Å². The summed E-state index contributed by atoms with van der Waals surface area (Å²) in [7, 11) is 0. The number of ether oxygens (including phenoxy) is 1. The first-order valence-electron chi connectivity index (χ1n) is 27.2. The zero-order valence-electron chi connectivity index (χ0n) is 50.1. The number of aliphatic hydroxyl groups is 1. The maximum absolute atomic E-state index is 12.6. The molecule has 0 spiro atoms. The topological polar surface area (TPSA) is 323 Å². The van der Waals surface area contributed by atoms with Crippen molar-refractivity contribution in [3.63, 3.8) is 0 Å². The monoisotopic (exact) mass is 1230 g/mol. The van der Waals surface area contributed by atoms with Gasteiger partial charge in [-0.15, -0.1) is 34.0 Å². The highest BCUT2D eigenvalue weighted by molar-refractivity contribution is 7.17. The SMILES string of the molecule is Cc1cc(C)cc(Nc2nccc(-c3nc(C)c(C(=O)NCC(=O)O)s3)n2)c1.Cc1cc(C)cc(Nc2nccc(-c3nc(C)c(C(=O)NCC(=O)OC(C)(C)C)s3)n2)c1.Cc1cc(C)cc(Nc2nccc(-c3nc(C)c(C(=O)NCCO)s3)n2)c1. The number of carboxylic acids is 1. The van der Waals surface area contributed by atoms with Crippen LogP contribution in [0, 0.1) is 62.3 Å². The highest BCUT2D eigenvalue weighted by Gasteiger charge is 2.22. The molecule has 452 valence electrons. The Morgan fingerprint density at radius 3 is 1.07 bits per heavy atom. The highest BCUT2D eigenvalue weighted by Crippen LogP contribution is 2.31. The van der Waals surface area contributed by atoms with E-state index in [9.17, 15) is 24.0 Å². The van der Waals surface area contributed by atoms with Crippen molar-refractivity contribution in [3.8, 4) is 32.1 Å². The van der Waals surface area contributed by atoms with Gasteiger partial charge < -0.3 is 46.9 Å². The van der Waals surface area contributed by atoms with Gasteiger partial charge in [-0.1, -0.05) is 18.2 Å². The fourth-order valence-corrected chi connectivity index (χ4v) is 11.2. The molecule has 87 heavy (non-hydrogen) atoms. The Balaban J connectivity index is 0.000000187. The first-order chi connectivity index (χ1) is 41.3. The summed E-state index contributed by atoms with van der Waals surface area (Å²) in [5.41, 5.74) is 12.5. The van der Waals surface area contributed by atoms with Gasteiger partial charge in [0.25, 0.3) is 17.7 Å². The summed E-state index contributed by atoms with van der Waals surface area (Å²) in [5.74, 6) is -1.35. The number of hydrogen-bond acceptors (Lipinski definition) is 22. The largest absolute Gasteiger partial charge is 0.480 e. The second kappa shape index (κ2) is 29.5. The highest BCUT2D eigenvalue weighted by atomic mass is 32.1. The Kier molecular flexibility index (Phi) is 22.1. The summed E-state index contributed by atoms with van der Waals surface area (Å²) in [6.07, 6.45) is 4.93. The number of benzene rings is 3. The van der Waals surface area contributed by atoms with Gasteiger partial charge >= 0.3 is 11.9 Å². The molecule has 0 saturated heterocycles. The van der Waals surface area contributed by atoms with Gasteiger partial charge in [-0.3, -0.25) is 24.0 Å². The number of esters is 1. The molecule has 0 atom stereocenters. The quantitative estimate of drug-likeness (QED) is 0.0370. The molecule has 3 amide bonds. The van der Waals surface area contributed by atoms with E-state index >= 15 is 0 Å². The van der Waals surface area contributed by atoms with Crippen LogP contribution in [0.4, 0.5) is 34.9 Å². The maximum Gasteiger partial charge on any atom is 0.325 e. The number of carbonyl (C=O) groups is 5. The molecule has 0 radical (unpaired) electrons. The molecule has 9 aromatic rings. The molecule has 0 bridgehead atoms. The predicted octanol–water partition coefficient (Wildman–Crippen LogP) is 10.4. The number of amides is 3. The fourth-order valence-electron chi connectivity index (χ4n) is 8.39. The van der Waals surface area contributed by atoms with E-state index in [1.54, 1.807) is 78.3 Å². The number of aryl methyl sites for hydroxylation is 9. The third kappa shape index (κ3) is 19.5. The molecule has 6 aromatic heterocycles. The van der Waals surface area contributed by atoms with E-state index in [0.717, 1.165) is 61.8 Å². The van der Waals surface area contributed by atoms with E-state index in [1.165, 1.54) is 22.7 Å². The van der Waals surface area contributed by atoms with Crippen LogP contribution >= 0.6 is 34.0 Å². The van der Waals surface area contributed by atoms with Crippen LogP contribution in [-0.2, 0) is 14.3 Å². The predicted molar refractivity (Wildman–Crippen MR) is 339 cm³/mol. The molecule has 9 rings (SSSR count). The normalized spacial score (nSPS) is 10.8. The van der Waals surface area contributed by atoms with Crippen molar-refractivity contribution in [2.24, 2.45) is 0 Å². The Morgan fingerprint density at radius 2 is 0.770 bits per heavy atom. The van der Waals surface area contributed by atoms with Gasteiger partial charge in [0.15, 0.2) is 0 Å². The van der Waals surface area contributed by atoms with Crippen molar-refractivity contribution in [2.45, 2.75) is 88.7 Å². The number of nitrogens with zero attached hydrogens (tertiary/aromatic N) is 9. The molecule has 8 N–H and O–H groups in total. The zero-order valence-corrected chi connectivity index (χ0v) is 52.5. The number of hydrogen-bond donors (Lipinski definition) is 8. The molecule has 23 nitrogen and oxygen atoms in total. The Bertz CT molecular complexity index is 3910. The van der Waals surface area contributed by atoms with Crippen molar-refractivity contribution < 1.29 is 38.9 Å². The smallest absolute Gasteiger partial charge is 0.325 e. The lowest BCUT2D eigenvalue weighted by molar-refractivity contribution is -0.153. The van der Waals surface area contributed by atoms with Crippen LogP contribution in [0.1, 0.15) is 100 Å². The summed E-state index contributed by atoms with van der Waals surface area (Å²) < 4.78 is 5.22. The van der Waals surface area contributed by atoms with Crippen molar-refractivity contribution in [1.82, 2.24) is 60.8 Å². The van der Waals surface area contributed by atoms with E-state index in [1.807, 2.05) is 77.9 Å². The number of anilines is 6. The molecule has 6 heterocycles.